The summed E-state index contributed by atoms with van der Waals surface area (Å²) in [5.74, 6) is 3.11. The SMILES string of the molecule is COc1cc(Nc2cc(C)nc(NC3CCCC3)n2)cc(OC)c1OC. The van der Waals surface area contributed by atoms with Crippen LogP contribution in [-0.2, 0) is 0 Å². The number of rotatable bonds is 7. The van der Waals surface area contributed by atoms with Crippen LogP contribution in [-0.4, -0.2) is 37.3 Å². The van der Waals surface area contributed by atoms with Crippen molar-refractivity contribution in [3.63, 3.8) is 0 Å². The Morgan fingerprint density at radius 2 is 1.58 bits per heavy atom. The van der Waals surface area contributed by atoms with Crippen molar-refractivity contribution < 1.29 is 14.2 Å². The Labute approximate surface area is 154 Å². The summed E-state index contributed by atoms with van der Waals surface area (Å²) in [6.07, 6.45) is 4.87. The van der Waals surface area contributed by atoms with Gasteiger partial charge in [0.1, 0.15) is 5.82 Å². The molecule has 1 aromatic carbocycles. The molecule has 1 aliphatic carbocycles. The van der Waals surface area contributed by atoms with Gasteiger partial charge in [0.15, 0.2) is 11.5 Å². The lowest BCUT2D eigenvalue weighted by Gasteiger charge is -2.16. The molecule has 26 heavy (non-hydrogen) atoms. The molecule has 7 heteroatoms. The number of nitrogens with zero attached hydrogens (tertiary/aromatic N) is 2. The molecule has 3 rings (SSSR count). The summed E-state index contributed by atoms with van der Waals surface area (Å²) >= 11 is 0. The fourth-order valence-corrected chi connectivity index (χ4v) is 3.25. The Morgan fingerprint density at radius 1 is 0.923 bits per heavy atom. The largest absolute Gasteiger partial charge is 0.493 e. The predicted octanol–water partition coefficient (Wildman–Crippen LogP) is 3.91. The fraction of sp³-hybridized carbons (Fsp3) is 0.474. The maximum atomic E-state index is 5.40. The van der Waals surface area contributed by atoms with Crippen LogP contribution in [0.4, 0.5) is 17.5 Å². The second-order valence-corrected chi connectivity index (χ2v) is 6.38. The molecule has 2 N–H and O–H groups in total. The van der Waals surface area contributed by atoms with Gasteiger partial charge in [-0.2, -0.15) is 4.98 Å². The number of ether oxygens (including phenoxy) is 3. The highest BCUT2D eigenvalue weighted by molar-refractivity contribution is 5.67. The molecule has 1 saturated carbocycles. The van der Waals surface area contributed by atoms with Crippen LogP contribution in [0.5, 0.6) is 17.2 Å². The lowest BCUT2D eigenvalue weighted by atomic mass is 10.2. The van der Waals surface area contributed by atoms with E-state index >= 15 is 0 Å². The van der Waals surface area contributed by atoms with Gasteiger partial charge in [0.05, 0.1) is 21.3 Å². The van der Waals surface area contributed by atoms with Crippen LogP contribution in [0.15, 0.2) is 18.2 Å². The van der Waals surface area contributed by atoms with Crippen molar-refractivity contribution in [3.05, 3.63) is 23.9 Å². The first-order valence-corrected chi connectivity index (χ1v) is 8.82. The molecule has 2 aromatic rings. The highest BCUT2D eigenvalue weighted by atomic mass is 16.5. The van der Waals surface area contributed by atoms with E-state index in [-0.39, 0.29) is 0 Å². The van der Waals surface area contributed by atoms with Gasteiger partial charge in [-0.25, -0.2) is 4.98 Å². The monoisotopic (exact) mass is 358 g/mol. The van der Waals surface area contributed by atoms with Crippen molar-refractivity contribution in [1.82, 2.24) is 9.97 Å². The number of benzene rings is 1. The Balaban J connectivity index is 1.84. The van der Waals surface area contributed by atoms with E-state index < -0.39 is 0 Å². The predicted molar refractivity (Wildman–Crippen MR) is 102 cm³/mol. The van der Waals surface area contributed by atoms with E-state index in [4.69, 9.17) is 14.2 Å². The van der Waals surface area contributed by atoms with Gasteiger partial charge in [-0.3, -0.25) is 0 Å². The van der Waals surface area contributed by atoms with Gasteiger partial charge in [0.2, 0.25) is 11.7 Å². The third kappa shape index (κ3) is 4.09. The summed E-state index contributed by atoms with van der Waals surface area (Å²) in [6.45, 7) is 1.96. The maximum Gasteiger partial charge on any atom is 0.225 e. The highest BCUT2D eigenvalue weighted by Gasteiger charge is 2.17. The molecule has 1 aromatic heterocycles. The minimum atomic E-state index is 0.464. The van der Waals surface area contributed by atoms with Gasteiger partial charge in [-0.15, -0.1) is 0 Å². The highest BCUT2D eigenvalue weighted by Crippen LogP contribution is 2.40. The molecule has 0 atom stereocenters. The van der Waals surface area contributed by atoms with Crippen LogP contribution < -0.4 is 24.8 Å². The molecule has 7 nitrogen and oxygen atoms in total. The van der Waals surface area contributed by atoms with Crippen LogP contribution in [0.25, 0.3) is 0 Å². The minimum absolute atomic E-state index is 0.464. The topological polar surface area (TPSA) is 77.5 Å². The number of hydrogen-bond donors (Lipinski definition) is 2. The normalized spacial score (nSPS) is 14.2. The summed E-state index contributed by atoms with van der Waals surface area (Å²) in [7, 11) is 4.78. The van der Waals surface area contributed by atoms with Crippen molar-refractivity contribution in [1.29, 1.82) is 0 Å². The van der Waals surface area contributed by atoms with E-state index in [0.29, 0.717) is 35.1 Å². The van der Waals surface area contributed by atoms with Crippen LogP contribution in [0, 0.1) is 6.92 Å². The zero-order valence-electron chi connectivity index (χ0n) is 15.8. The number of anilines is 3. The Bertz CT molecular complexity index is 735. The van der Waals surface area contributed by atoms with Gasteiger partial charge in [0.25, 0.3) is 0 Å². The van der Waals surface area contributed by atoms with Crippen molar-refractivity contribution in [2.45, 2.75) is 38.6 Å². The summed E-state index contributed by atoms with van der Waals surface area (Å²) in [5, 5.41) is 6.74. The average Bonchev–Trinajstić information content (AvgIpc) is 3.13. The van der Waals surface area contributed by atoms with E-state index in [0.717, 1.165) is 11.4 Å². The number of methoxy groups -OCH3 is 3. The number of nitrogens with one attached hydrogen (secondary N) is 2. The molecule has 0 bridgehead atoms. The average molecular weight is 358 g/mol. The molecular weight excluding hydrogens is 332 g/mol. The van der Waals surface area contributed by atoms with Crippen LogP contribution in [0.3, 0.4) is 0 Å². The Kier molecular flexibility index (Phi) is 5.65. The number of aryl methyl sites for hydroxylation is 1. The van der Waals surface area contributed by atoms with E-state index in [1.165, 1.54) is 25.7 Å². The molecule has 0 saturated heterocycles. The molecule has 1 aliphatic rings. The molecule has 0 aliphatic heterocycles. The Morgan fingerprint density at radius 3 is 2.15 bits per heavy atom. The van der Waals surface area contributed by atoms with Crippen molar-refractivity contribution >= 4 is 17.5 Å². The van der Waals surface area contributed by atoms with Gasteiger partial charge in [-0.05, 0) is 19.8 Å². The zero-order valence-corrected chi connectivity index (χ0v) is 15.8. The minimum Gasteiger partial charge on any atom is -0.493 e. The van der Waals surface area contributed by atoms with Crippen LogP contribution in [0.1, 0.15) is 31.4 Å². The van der Waals surface area contributed by atoms with E-state index in [1.807, 2.05) is 25.1 Å². The maximum absolute atomic E-state index is 5.40. The first-order valence-electron chi connectivity index (χ1n) is 8.82. The first-order chi connectivity index (χ1) is 12.6. The zero-order chi connectivity index (χ0) is 18.5. The lowest BCUT2D eigenvalue weighted by molar-refractivity contribution is 0.324. The van der Waals surface area contributed by atoms with E-state index in [9.17, 15) is 0 Å². The first kappa shape index (κ1) is 18.1. The van der Waals surface area contributed by atoms with Gasteiger partial charge >= 0.3 is 0 Å². The molecule has 0 radical (unpaired) electrons. The molecule has 1 heterocycles. The fourth-order valence-electron chi connectivity index (χ4n) is 3.25. The van der Waals surface area contributed by atoms with Crippen molar-refractivity contribution in [3.8, 4) is 17.2 Å². The summed E-state index contributed by atoms with van der Waals surface area (Å²) in [5.41, 5.74) is 1.69. The Hall–Kier alpha value is -2.70. The number of hydrogen-bond acceptors (Lipinski definition) is 7. The quantitative estimate of drug-likeness (QED) is 0.777. The van der Waals surface area contributed by atoms with Gasteiger partial charge < -0.3 is 24.8 Å². The molecule has 1 fully saturated rings. The summed E-state index contributed by atoms with van der Waals surface area (Å²) in [6, 6.07) is 6.07. The summed E-state index contributed by atoms with van der Waals surface area (Å²) < 4.78 is 16.2. The van der Waals surface area contributed by atoms with Crippen molar-refractivity contribution in [2.24, 2.45) is 0 Å². The second-order valence-electron chi connectivity index (χ2n) is 6.38. The third-order valence-electron chi connectivity index (χ3n) is 4.48. The molecule has 0 spiro atoms. The molecule has 140 valence electrons. The van der Waals surface area contributed by atoms with E-state index in [1.54, 1.807) is 21.3 Å². The van der Waals surface area contributed by atoms with E-state index in [2.05, 4.69) is 20.6 Å². The van der Waals surface area contributed by atoms with Crippen LogP contribution >= 0.6 is 0 Å². The molecular formula is C19H26N4O3. The van der Waals surface area contributed by atoms with Crippen molar-refractivity contribution in [2.75, 3.05) is 32.0 Å². The smallest absolute Gasteiger partial charge is 0.225 e. The third-order valence-corrected chi connectivity index (χ3v) is 4.48. The standard InChI is InChI=1S/C19H26N4O3/c1-12-9-17(23-19(20-12)22-13-7-5-6-8-13)21-14-10-15(24-2)18(26-4)16(11-14)25-3/h9-11,13H,5-8H2,1-4H3,(H2,20,21,22,23). The summed E-state index contributed by atoms with van der Waals surface area (Å²) in [4.78, 5) is 9.10. The molecule has 0 unspecified atom stereocenters. The number of aromatic nitrogens is 2. The van der Waals surface area contributed by atoms with Gasteiger partial charge in [0, 0.05) is 35.6 Å². The van der Waals surface area contributed by atoms with Crippen LogP contribution in [0.2, 0.25) is 0 Å². The lowest BCUT2D eigenvalue weighted by Crippen LogP contribution is -2.17. The second kappa shape index (κ2) is 8.12. The van der Waals surface area contributed by atoms with Gasteiger partial charge in [-0.1, -0.05) is 12.8 Å². The molecule has 0 amide bonds.